The number of rotatable bonds is 3. The van der Waals surface area contributed by atoms with Crippen molar-refractivity contribution in [3.05, 3.63) is 28.8 Å². The molecule has 0 heterocycles. The third-order valence-electron chi connectivity index (χ3n) is 3.83. The number of methoxy groups -OCH3 is 1. The Morgan fingerprint density at radius 3 is 2.09 bits per heavy atom. The van der Waals surface area contributed by atoms with Crippen molar-refractivity contribution in [1.29, 1.82) is 0 Å². The molecule has 0 radical (unpaired) electrons. The molecule has 3 N–H and O–H groups in total. The van der Waals surface area contributed by atoms with Crippen LogP contribution in [-0.4, -0.2) is 18.2 Å². The Kier molecular flexibility index (Phi) is 7.13. The minimum absolute atomic E-state index is 0. The maximum atomic E-state index is 11.5. The number of ether oxygens (including phenoxy) is 1. The lowest BCUT2D eigenvalue weighted by Gasteiger charge is -2.28. The highest BCUT2D eigenvalue weighted by Crippen LogP contribution is 2.40. The summed E-state index contributed by atoms with van der Waals surface area (Å²) in [4.78, 5) is 11.5. The fourth-order valence-corrected chi connectivity index (χ4v) is 2.32. The van der Waals surface area contributed by atoms with Gasteiger partial charge < -0.3 is 15.6 Å². The number of carbonyl (C=O) groups is 1. The highest BCUT2D eigenvalue weighted by atomic mass is 35.5. The lowest BCUT2D eigenvalue weighted by Crippen LogP contribution is -2.21. The van der Waals surface area contributed by atoms with E-state index >= 15 is 0 Å². The van der Waals surface area contributed by atoms with E-state index in [4.69, 9.17) is 5.73 Å². The van der Waals surface area contributed by atoms with E-state index in [1.165, 1.54) is 7.11 Å². The molecule has 0 fully saturated rings. The minimum Gasteiger partial charge on any atom is -0.507 e. The van der Waals surface area contributed by atoms with E-state index in [0.717, 1.165) is 11.1 Å². The molecule has 0 aliphatic rings. The summed E-state index contributed by atoms with van der Waals surface area (Å²) in [5.74, 6) is -0.206. The summed E-state index contributed by atoms with van der Waals surface area (Å²) >= 11 is 0. The topological polar surface area (TPSA) is 72.5 Å². The van der Waals surface area contributed by atoms with Crippen molar-refractivity contribution in [2.45, 2.75) is 64.8 Å². The van der Waals surface area contributed by atoms with Gasteiger partial charge in [-0.3, -0.25) is 4.79 Å². The van der Waals surface area contributed by atoms with Gasteiger partial charge in [-0.15, -0.1) is 12.4 Å². The number of halogens is 1. The van der Waals surface area contributed by atoms with Crippen molar-refractivity contribution in [2.24, 2.45) is 5.73 Å². The molecular formula is C18H30ClNO3. The number of hydrogen-bond donors (Lipinski definition) is 2. The molecule has 1 atom stereocenters. The van der Waals surface area contributed by atoms with Gasteiger partial charge >= 0.3 is 5.97 Å². The second-order valence-corrected chi connectivity index (χ2v) is 7.85. The van der Waals surface area contributed by atoms with Gasteiger partial charge in [-0.1, -0.05) is 47.6 Å². The summed E-state index contributed by atoms with van der Waals surface area (Å²) in [6.07, 6.45) is 0.0429. The maximum Gasteiger partial charge on any atom is 0.307 e. The van der Waals surface area contributed by atoms with Crippen molar-refractivity contribution in [3.8, 4) is 5.75 Å². The number of aromatic hydroxyl groups is 1. The summed E-state index contributed by atoms with van der Waals surface area (Å²) in [5, 5.41) is 10.6. The standard InChI is InChI=1S/C18H29NO3.ClH/c1-17(2,3)11-8-12(14(19)10-15(20)22-7)16(21)13(9-11)18(4,5)6;/h8-9,14,21H,10,19H2,1-7H3;1H/t14-;/m0./s1. The van der Waals surface area contributed by atoms with E-state index in [9.17, 15) is 9.90 Å². The van der Waals surface area contributed by atoms with E-state index in [-0.39, 0.29) is 41.4 Å². The zero-order chi connectivity index (χ0) is 17.3. The molecule has 0 amide bonds. The van der Waals surface area contributed by atoms with E-state index in [0.29, 0.717) is 5.56 Å². The van der Waals surface area contributed by atoms with Crippen LogP contribution in [0.25, 0.3) is 0 Å². The first-order chi connectivity index (χ1) is 9.87. The first kappa shape index (κ1) is 21.7. The Morgan fingerprint density at radius 1 is 1.17 bits per heavy atom. The number of benzene rings is 1. The monoisotopic (exact) mass is 343 g/mol. The molecule has 0 spiro atoms. The van der Waals surface area contributed by atoms with Crippen LogP contribution < -0.4 is 5.73 Å². The van der Waals surface area contributed by atoms with Gasteiger partial charge in [0.25, 0.3) is 0 Å². The summed E-state index contributed by atoms with van der Waals surface area (Å²) in [5.41, 5.74) is 8.37. The van der Waals surface area contributed by atoms with Crippen molar-refractivity contribution in [2.75, 3.05) is 7.11 Å². The first-order valence-electron chi connectivity index (χ1n) is 7.58. The first-order valence-corrected chi connectivity index (χ1v) is 7.58. The number of hydrogen-bond acceptors (Lipinski definition) is 4. The van der Waals surface area contributed by atoms with Gasteiger partial charge in [0.05, 0.1) is 13.5 Å². The van der Waals surface area contributed by atoms with Gasteiger partial charge in [-0.2, -0.15) is 0 Å². The molecule has 23 heavy (non-hydrogen) atoms. The Bertz CT molecular complexity index is 557. The van der Waals surface area contributed by atoms with Crippen LogP contribution >= 0.6 is 12.4 Å². The zero-order valence-electron chi connectivity index (χ0n) is 15.2. The molecule has 0 aromatic heterocycles. The zero-order valence-corrected chi connectivity index (χ0v) is 16.0. The molecule has 1 aromatic rings. The molecule has 1 aromatic carbocycles. The van der Waals surface area contributed by atoms with Crippen LogP contribution in [0.4, 0.5) is 0 Å². The van der Waals surface area contributed by atoms with Crippen LogP contribution in [0, 0.1) is 0 Å². The highest BCUT2D eigenvalue weighted by Gasteiger charge is 2.27. The van der Waals surface area contributed by atoms with Crippen molar-refractivity contribution < 1.29 is 14.6 Å². The van der Waals surface area contributed by atoms with Gasteiger partial charge in [0.2, 0.25) is 0 Å². The molecule has 0 unspecified atom stereocenters. The van der Waals surface area contributed by atoms with Crippen molar-refractivity contribution in [3.63, 3.8) is 0 Å². The Hall–Kier alpha value is -1.26. The summed E-state index contributed by atoms with van der Waals surface area (Å²) in [7, 11) is 1.33. The normalized spacial score (nSPS) is 13.2. The van der Waals surface area contributed by atoms with Crippen LogP contribution in [0.1, 0.15) is 70.7 Å². The van der Waals surface area contributed by atoms with E-state index in [2.05, 4.69) is 25.5 Å². The molecule has 0 aliphatic heterocycles. The number of phenols is 1. The Balaban J connectivity index is 0.00000484. The fraction of sp³-hybridized carbons (Fsp3) is 0.611. The Morgan fingerprint density at radius 2 is 1.70 bits per heavy atom. The summed E-state index contributed by atoms with van der Waals surface area (Å²) in [6, 6.07) is 3.35. The molecule has 132 valence electrons. The van der Waals surface area contributed by atoms with E-state index in [1.807, 2.05) is 32.9 Å². The molecule has 4 nitrogen and oxygen atoms in total. The highest BCUT2D eigenvalue weighted by molar-refractivity contribution is 5.85. The predicted octanol–water partition coefficient (Wildman–Crippen LogP) is 3.97. The van der Waals surface area contributed by atoms with Gasteiger partial charge in [0, 0.05) is 11.6 Å². The van der Waals surface area contributed by atoms with Crippen molar-refractivity contribution >= 4 is 18.4 Å². The lowest BCUT2D eigenvalue weighted by atomic mass is 9.78. The molecule has 0 saturated heterocycles. The van der Waals surface area contributed by atoms with Crippen LogP contribution in [0.2, 0.25) is 0 Å². The molecule has 5 heteroatoms. The van der Waals surface area contributed by atoms with E-state index in [1.54, 1.807) is 0 Å². The fourth-order valence-electron chi connectivity index (χ4n) is 2.32. The predicted molar refractivity (Wildman–Crippen MR) is 96.3 cm³/mol. The lowest BCUT2D eigenvalue weighted by molar-refractivity contribution is -0.141. The number of phenolic OH excluding ortho intramolecular Hbond substituents is 1. The van der Waals surface area contributed by atoms with Gasteiger partial charge in [0.1, 0.15) is 5.75 Å². The van der Waals surface area contributed by atoms with Gasteiger partial charge in [-0.25, -0.2) is 0 Å². The second kappa shape index (κ2) is 7.54. The maximum absolute atomic E-state index is 11.5. The van der Waals surface area contributed by atoms with Crippen molar-refractivity contribution in [1.82, 2.24) is 0 Å². The quantitative estimate of drug-likeness (QED) is 0.814. The third kappa shape index (κ3) is 5.40. The number of carbonyl (C=O) groups excluding carboxylic acids is 1. The molecule has 0 bridgehead atoms. The second-order valence-electron chi connectivity index (χ2n) is 7.85. The van der Waals surface area contributed by atoms with Crippen LogP contribution in [0.15, 0.2) is 12.1 Å². The number of esters is 1. The molecule has 1 rings (SSSR count). The number of nitrogens with two attached hydrogens (primary N) is 1. The molecule has 0 saturated carbocycles. The van der Waals surface area contributed by atoms with E-state index < -0.39 is 6.04 Å². The van der Waals surface area contributed by atoms with Gasteiger partial charge in [0.15, 0.2) is 0 Å². The van der Waals surface area contributed by atoms with Crippen LogP contribution in [-0.2, 0) is 20.4 Å². The largest absolute Gasteiger partial charge is 0.507 e. The smallest absolute Gasteiger partial charge is 0.307 e. The average molecular weight is 344 g/mol. The molecule has 0 aliphatic carbocycles. The minimum atomic E-state index is -0.587. The average Bonchev–Trinajstić information content (AvgIpc) is 2.35. The van der Waals surface area contributed by atoms with Crippen LogP contribution in [0.5, 0.6) is 5.75 Å². The van der Waals surface area contributed by atoms with Gasteiger partial charge in [-0.05, 0) is 28.0 Å². The summed E-state index contributed by atoms with van der Waals surface area (Å²) < 4.78 is 4.68. The molecular weight excluding hydrogens is 314 g/mol. The SMILES string of the molecule is COC(=O)C[C@H](N)c1cc(C(C)(C)C)cc(C(C)(C)C)c1O.Cl. The summed E-state index contributed by atoms with van der Waals surface area (Å²) in [6.45, 7) is 12.5. The van der Waals surface area contributed by atoms with Crippen LogP contribution in [0.3, 0.4) is 0 Å². The third-order valence-corrected chi connectivity index (χ3v) is 3.83. The Labute approximate surface area is 145 Å².